The van der Waals surface area contributed by atoms with Crippen molar-refractivity contribution in [2.45, 2.75) is 145 Å². The summed E-state index contributed by atoms with van der Waals surface area (Å²) >= 11 is 0. The van der Waals surface area contributed by atoms with Gasteiger partial charge in [-0.2, -0.15) is 0 Å². The maximum Gasteiger partial charge on any atom is 0.340 e. The Hall–Kier alpha value is -5.59. The fourth-order valence-corrected chi connectivity index (χ4v) is 13.8. The van der Waals surface area contributed by atoms with Crippen LogP contribution in [0.5, 0.6) is 5.75 Å². The van der Waals surface area contributed by atoms with Crippen LogP contribution in [0.15, 0.2) is 111 Å². The van der Waals surface area contributed by atoms with Gasteiger partial charge in [0.1, 0.15) is 11.3 Å². The van der Waals surface area contributed by atoms with Crippen LogP contribution in [-0.2, 0) is 43.2 Å². The van der Waals surface area contributed by atoms with Crippen LogP contribution in [0.4, 0.5) is 0 Å². The van der Waals surface area contributed by atoms with E-state index in [0.717, 1.165) is 75.3 Å². The predicted molar refractivity (Wildman–Crippen MR) is 274 cm³/mol. The smallest absolute Gasteiger partial charge is 0.340 e. The summed E-state index contributed by atoms with van der Waals surface area (Å²) in [5.41, 5.74) is 5.88. The topological polar surface area (TPSA) is 162 Å². The molecule has 11 rings (SSSR count). The monoisotopic (exact) mass is 978 g/mol. The van der Waals surface area contributed by atoms with E-state index in [1.54, 1.807) is 13.0 Å². The molecule has 1 spiro atoms. The fourth-order valence-electron chi connectivity index (χ4n) is 13.8. The minimum atomic E-state index is -1.27. The summed E-state index contributed by atoms with van der Waals surface area (Å²) in [6, 6.07) is 31.6. The van der Waals surface area contributed by atoms with Gasteiger partial charge in [0, 0.05) is 48.5 Å². The Bertz CT molecular complexity index is 2820. The van der Waals surface area contributed by atoms with Crippen molar-refractivity contribution < 1.29 is 48.3 Å². The SMILES string of the molecule is COC[C@@H](CCO)c1c(CO)c2ccc3c(c2oc1=O)[C@H]1OC(=O)C[C@@H]2C[C@H](c4cccc(Cc5ccccc5)c4)CC[C@H]2c2ccc(cc2)CC/C(=C(\C)CO)C(=O)O[C@@H]1[C@@]1(CCC[C@H]2CCCC[C@H]21)O3. The molecule has 9 atom stereocenters. The van der Waals surface area contributed by atoms with E-state index < -0.39 is 47.9 Å². The quantitative estimate of drug-likeness (QED) is 0.0694. The zero-order valence-corrected chi connectivity index (χ0v) is 41.8. The summed E-state index contributed by atoms with van der Waals surface area (Å²) < 4.78 is 33.2. The van der Waals surface area contributed by atoms with E-state index in [1.165, 1.54) is 23.8 Å². The van der Waals surface area contributed by atoms with Gasteiger partial charge in [0.15, 0.2) is 17.8 Å². The van der Waals surface area contributed by atoms with Gasteiger partial charge in [-0.15, -0.1) is 0 Å². The molecule has 1 aromatic heterocycles. The summed E-state index contributed by atoms with van der Waals surface area (Å²) in [5.74, 6) is -0.826. The zero-order chi connectivity index (χ0) is 49.9. The van der Waals surface area contributed by atoms with Gasteiger partial charge in [0.2, 0.25) is 0 Å². The normalized spacial score (nSPS) is 27.7. The molecule has 6 aliphatic rings. The van der Waals surface area contributed by atoms with Crippen molar-refractivity contribution in [3.05, 3.63) is 157 Å². The zero-order valence-electron chi connectivity index (χ0n) is 41.8. The number of esters is 2. The highest BCUT2D eigenvalue weighted by atomic mass is 16.6. The van der Waals surface area contributed by atoms with Crippen LogP contribution >= 0.6 is 0 Å². The summed E-state index contributed by atoms with van der Waals surface area (Å²) in [6.45, 7) is 0.774. The highest BCUT2D eigenvalue weighted by molar-refractivity contribution is 5.90. The number of aryl methyl sites for hydroxylation is 1. The van der Waals surface area contributed by atoms with Gasteiger partial charge in [0.25, 0.3) is 0 Å². The number of aliphatic hydroxyl groups is 3. The highest BCUT2D eigenvalue weighted by Gasteiger charge is 2.62. The van der Waals surface area contributed by atoms with Gasteiger partial charge in [-0.25, -0.2) is 9.59 Å². The molecule has 4 heterocycles. The second-order valence-corrected chi connectivity index (χ2v) is 21.4. The van der Waals surface area contributed by atoms with E-state index in [9.17, 15) is 20.1 Å². The van der Waals surface area contributed by atoms with Crippen molar-refractivity contribution in [2.75, 3.05) is 26.9 Å². The average Bonchev–Trinajstić information content (AvgIpc) is 3.39. The molecule has 11 nitrogen and oxygen atoms in total. The molecule has 5 aromatic rings. The summed E-state index contributed by atoms with van der Waals surface area (Å²) in [4.78, 5) is 44.9. The lowest BCUT2D eigenvalue weighted by atomic mass is 9.59. The molecule has 3 N–H and O–H groups in total. The molecule has 3 aliphatic heterocycles. The third-order valence-electron chi connectivity index (χ3n) is 17.3. The Morgan fingerprint density at radius 1 is 0.806 bits per heavy atom. The molecular weight excluding hydrogens is 909 g/mol. The van der Waals surface area contributed by atoms with Crippen molar-refractivity contribution >= 4 is 22.9 Å². The van der Waals surface area contributed by atoms with Crippen LogP contribution < -0.4 is 10.4 Å². The average molecular weight is 979 g/mol. The molecule has 11 heteroatoms. The van der Waals surface area contributed by atoms with Crippen molar-refractivity contribution in [3.63, 3.8) is 0 Å². The second-order valence-electron chi connectivity index (χ2n) is 21.4. The van der Waals surface area contributed by atoms with Crippen molar-refractivity contribution in [1.29, 1.82) is 0 Å². The van der Waals surface area contributed by atoms with Crippen LogP contribution in [0.25, 0.3) is 11.0 Å². The molecular formula is C61H70O11. The van der Waals surface area contributed by atoms with Gasteiger partial charge in [0.05, 0.1) is 25.4 Å². The van der Waals surface area contributed by atoms with Crippen LogP contribution in [-0.4, -0.2) is 65.9 Å². The first-order chi connectivity index (χ1) is 35.1. The number of aliphatic hydroxyl groups excluding tert-OH is 3. The van der Waals surface area contributed by atoms with Gasteiger partial charge < -0.3 is 38.7 Å². The van der Waals surface area contributed by atoms with Crippen LogP contribution in [0, 0.1) is 17.8 Å². The Morgan fingerprint density at radius 3 is 2.38 bits per heavy atom. The minimum Gasteiger partial charge on any atom is -0.482 e. The number of rotatable bonds is 10. The summed E-state index contributed by atoms with van der Waals surface area (Å²) in [6.07, 6.45) is 8.41. The van der Waals surface area contributed by atoms with E-state index in [2.05, 4.69) is 72.8 Å². The van der Waals surface area contributed by atoms with Gasteiger partial charge >= 0.3 is 17.6 Å². The molecule has 3 fully saturated rings. The fraction of sp³-hybridized carbons (Fsp3) is 0.492. The molecule has 0 radical (unpaired) electrons. The molecule has 380 valence electrons. The van der Waals surface area contributed by atoms with Gasteiger partial charge in [-0.3, -0.25) is 4.79 Å². The molecule has 2 bridgehead atoms. The number of ether oxygens (including phenoxy) is 4. The lowest BCUT2D eigenvalue weighted by Crippen LogP contribution is -2.63. The Kier molecular flexibility index (Phi) is 15.2. The first kappa shape index (κ1) is 50.0. The van der Waals surface area contributed by atoms with Gasteiger partial charge in [-0.05, 0) is 152 Å². The Balaban J connectivity index is 1.12. The van der Waals surface area contributed by atoms with Crippen LogP contribution in [0.3, 0.4) is 0 Å². The van der Waals surface area contributed by atoms with E-state index in [1.807, 2.05) is 12.1 Å². The van der Waals surface area contributed by atoms with E-state index >= 15 is 9.59 Å². The third-order valence-corrected chi connectivity index (χ3v) is 17.3. The molecule has 72 heavy (non-hydrogen) atoms. The number of carbonyl (C=O) groups is 2. The number of benzene rings is 4. The third kappa shape index (κ3) is 9.82. The van der Waals surface area contributed by atoms with Gasteiger partial charge in [-0.1, -0.05) is 98.1 Å². The number of hydrogen-bond acceptors (Lipinski definition) is 11. The molecule has 3 saturated carbocycles. The Labute approximate surface area is 422 Å². The maximum atomic E-state index is 15.4. The van der Waals surface area contributed by atoms with Crippen molar-refractivity contribution in [3.8, 4) is 5.75 Å². The van der Waals surface area contributed by atoms with Crippen molar-refractivity contribution in [2.24, 2.45) is 17.8 Å². The number of carbonyl (C=O) groups excluding carboxylic acids is 2. The first-order valence-electron chi connectivity index (χ1n) is 26.6. The van der Waals surface area contributed by atoms with E-state index in [4.69, 9.17) is 23.4 Å². The van der Waals surface area contributed by atoms with E-state index in [0.29, 0.717) is 53.0 Å². The largest absolute Gasteiger partial charge is 0.482 e. The molecule has 0 saturated heterocycles. The van der Waals surface area contributed by atoms with Crippen LogP contribution in [0.2, 0.25) is 0 Å². The molecule has 4 aromatic carbocycles. The van der Waals surface area contributed by atoms with Crippen LogP contribution in [0.1, 0.15) is 159 Å². The minimum absolute atomic E-state index is 0.0328. The lowest BCUT2D eigenvalue weighted by Gasteiger charge is -2.56. The predicted octanol–water partition coefficient (Wildman–Crippen LogP) is 10.6. The van der Waals surface area contributed by atoms with E-state index in [-0.39, 0.29) is 73.0 Å². The number of fused-ring (bicyclic) bond motifs is 13. The summed E-state index contributed by atoms with van der Waals surface area (Å²) in [7, 11) is 1.52. The standard InChI is InChI=1S/C61H70O11/c1-37(34-63)47-23-19-38-17-20-41(21-18-38)48-24-22-44(43-14-8-12-40(31-43)30-39-10-4-3-5-11-39)32-46(48)33-53(65)69-57-55-52(72-61(58(57)71-59(47)66)28-9-15-42-13-6-7-16-51(42)61)26-25-49-50(35-64)54(60(67)70-56(49)55)45(27-29-62)36-68-2/h3-5,8,10-12,14,17-18,20-21,25-26,31,42,44-46,48,51,57-58,62-64H,6-7,9,13,15-16,19,22-24,27-30,32-36H2,1-2H3/b47-37-/t42-,44-,45-,46+,48+,51-,57-,58+,61+/m1/s1. The maximum absolute atomic E-state index is 15.4. The lowest BCUT2D eigenvalue weighted by molar-refractivity contribution is -0.217. The Morgan fingerprint density at radius 2 is 1.60 bits per heavy atom. The summed E-state index contributed by atoms with van der Waals surface area (Å²) in [5, 5.41) is 32.2. The van der Waals surface area contributed by atoms with Crippen molar-refractivity contribution in [1.82, 2.24) is 0 Å². The number of hydrogen-bond donors (Lipinski definition) is 3. The number of methoxy groups -OCH3 is 1. The molecule has 0 amide bonds. The molecule has 3 aliphatic carbocycles. The highest BCUT2D eigenvalue weighted by Crippen LogP contribution is 2.58. The second kappa shape index (κ2) is 21.9. The first-order valence-corrected chi connectivity index (χ1v) is 26.6. The molecule has 0 unspecified atom stereocenters.